The van der Waals surface area contributed by atoms with Gasteiger partial charge in [0.2, 0.25) is 0 Å². The third kappa shape index (κ3) is 2.71. The van der Waals surface area contributed by atoms with E-state index >= 15 is 0 Å². The molecular weight excluding hydrogens is 218 g/mol. The molecular formula is C11H17N5O. The summed E-state index contributed by atoms with van der Waals surface area (Å²) in [6, 6.07) is -0.0350. The first kappa shape index (κ1) is 11.8. The predicted octanol–water partition coefficient (Wildman–Crippen LogP) is 1.42. The van der Waals surface area contributed by atoms with Crippen molar-refractivity contribution in [2.24, 2.45) is 5.73 Å². The lowest BCUT2D eigenvalue weighted by molar-refractivity contribution is 0.521. The van der Waals surface area contributed by atoms with Gasteiger partial charge >= 0.3 is 0 Å². The van der Waals surface area contributed by atoms with Crippen LogP contribution >= 0.6 is 0 Å². The number of oxazole rings is 1. The van der Waals surface area contributed by atoms with Crippen LogP contribution in [-0.4, -0.2) is 20.0 Å². The molecule has 0 saturated heterocycles. The summed E-state index contributed by atoms with van der Waals surface area (Å²) in [5.74, 6) is 0.805. The highest BCUT2D eigenvalue weighted by Crippen LogP contribution is 2.13. The molecule has 0 aliphatic heterocycles. The monoisotopic (exact) mass is 235 g/mol. The maximum atomic E-state index is 5.97. The molecule has 2 N–H and O–H groups in total. The molecule has 0 aliphatic carbocycles. The van der Waals surface area contributed by atoms with Gasteiger partial charge in [0.15, 0.2) is 6.39 Å². The van der Waals surface area contributed by atoms with Crippen molar-refractivity contribution in [1.82, 2.24) is 20.0 Å². The van der Waals surface area contributed by atoms with Gasteiger partial charge in [0, 0.05) is 0 Å². The van der Waals surface area contributed by atoms with Crippen molar-refractivity contribution in [2.75, 3.05) is 0 Å². The van der Waals surface area contributed by atoms with Crippen LogP contribution in [0.5, 0.6) is 0 Å². The maximum absolute atomic E-state index is 5.97. The van der Waals surface area contributed by atoms with Gasteiger partial charge in [0.05, 0.1) is 24.5 Å². The molecule has 0 amide bonds. The molecule has 0 aromatic carbocycles. The molecule has 6 heteroatoms. The number of hydrogen-bond acceptors (Lipinski definition) is 5. The van der Waals surface area contributed by atoms with Gasteiger partial charge in [-0.2, -0.15) is 0 Å². The number of hydrogen-bond donors (Lipinski definition) is 1. The fourth-order valence-electron chi connectivity index (χ4n) is 1.65. The fourth-order valence-corrected chi connectivity index (χ4v) is 1.65. The van der Waals surface area contributed by atoms with Gasteiger partial charge < -0.3 is 10.2 Å². The minimum absolute atomic E-state index is 0.0350. The lowest BCUT2D eigenvalue weighted by Crippen LogP contribution is -2.10. The third-order valence-electron chi connectivity index (χ3n) is 2.69. The van der Waals surface area contributed by atoms with Gasteiger partial charge in [-0.1, -0.05) is 18.6 Å². The quantitative estimate of drug-likeness (QED) is 0.847. The van der Waals surface area contributed by atoms with E-state index in [1.165, 1.54) is 6.39 Å². The Bertz CT molecular complexity index is 476. The molecule has 0 fully saturated rings. The average molecular weight is 235 g/mol. The highest BCUT2D eigenvalue weighted by Gasteiger charge is 2.11. The number of rotatable bonds is 5. The zero-order chi connectivity index (χ0) is 12.3. The zero-order valence-electron chi connectivity index (χ0n) is 10.1. The molecule has 1 unspecified atom stereocenters. The topological polar surface area (TPSA) is 82.8 Å². The molecule has 2 aromatic rings. The summed E-state index contributed by atoms with van der Waals surface area (Å²) in [6.45, 7) is 4.54. The van der Waals surface area contributed by atoms with Gasteiger partial charge in [0.1, 0.15) is 11.5 Å². The zero-order valence-corrected chi connectivity index (χ0v) is 10.1. The van der Waals surface area contributed by atoms with Crippen molar-refractivity contribution in [2.45, 2.75) is 39.3 Å². The Hall–Kier alpha value is -1.69. The predicted molar refractivity (Wildman–Crippen MR) is 62.2 cm³/mol. The summed E-state index contributed by atoms with van der Waals surface area (Å²) in [6.07, 6.45) is 5.26. The van der Waals surface area contributed by atoms with Crippen molar-refractivity contribution >= 4 is 0 Å². The van der Waals surface area contributed by atoms with E-state index in [9.17, 15) is 0 Å². The SMILES string of the molecule is CCCC(N)c1cn(Cc2ncoc2C)nn1. The van der Waals surface area contributed by atoms with Crippen molar-refractivity contribution in [1.29, 1.82) is 0 Å². The van der Waals surface area contributed by atoms with Crippen molar-refractivity contribution in [3.8, 4) is 0 Å². The Morgan fingerprint density at radius 1 is 1.53 bits per heavy atom. The Labute approximate surface area is 99.8 Å². The number of nitrogens with zero attached hydrogens (tertiary/aromatic N) is 4. The highest BCUT2D eigenvalue weighted by molar-refractivity contribution is 5.06. The summed E-state index contributed by atoms with van der Waals surface area (Å²) >= 11 is 0. The van der Waals surface area contributed by atoms with Crippen LogP contribution in [0.15, 0.2) is 17.0 Å². The number of nitrogens with two attached hydrogens (primary N) is 1. The maximum Gasteiger partial charge on any atom is 0.181 e. The van der Waals surface area contributed by atoms with E-state index < -0.39 is 0 Å². The molecule has 2 aromatic heterocycles. The van der Waals surface area contributed by atoms with Gasteiger partial charge in [-0.15, -0.1) is 5.10 Å². The number of aryl methyl sites for hydroxylation is 1. The molecule has 1 atom stereocenters. The molecule has 2 rings (SSSR count). The molecule has 0 aliphatic rings. The summed E-state index contributed by atoms with van der Waals surface area (Å²) < 4.78 is 6.86. The Balaban J connectivity index is 2.06. The standard InChI is InChI=1S/C11H17N5O/c1-3-4-9(12)11-6-16(15-14-11)5-10-8(2)17-7-13-10/h6-7,9H,3-5,12H2,1-2H3. The largest absolute Gasteiger partial charge is 0.448 e. The minimum Gasteiger partial charge on any atom is -0.448 e. The first-order valence-electron chi connectivity index (χ1n) is 5.75. The second kappa shape index (κ2) is 5.09. The van der Waals surface area contributed by atoms with Crippen LogP contribution in [0.1, 0.15) is 43.0 Å². The fraction of sp³-hybridized carbons (Fsp3) is 0.545. The van der Waals surface area contributed by atoms with Crippen LogP contribution in [0.3, 0.4) is 0 Å². The Kier molecular flexibility index (Phi) is 3.53. The van der Waals surface area contributed by atoms with Crippen LogP contribution < -0.4 is 5.73 Å². The van der Waals surface area contributed by atoms with Crippen LogP contribution in [0.25, 0.3) is 0 Å². The van der Waals surface area contributed by atoms with Crippen LogP contribution in [-0.2, 0) is 6.54 Å². The average Bonchev–Trinajstić information content (AvgIpc) is 2.90. The highest BCUT2D eigenvalue weighted by atomic mass is 16.3. The van der Waals surface area contributed by atoms with E-state index in [2.05, 4.69) is 22.2 Å². The van der Waals surface area contributed by atoms with Gasteiger partial charge in [-0.05, 0) is 13.3 Å². The number of aromatic nitrogens is 4. The van der Waals surface area contributed by atoms with E-state index in [1.54, 1.807) is 4.68 Å². The summed E-state index contributed by atoms with van der Waals surface area (Å²) in [5.41, 5.74) is 7.67. The van der Waals surface area contributed by atoms with E-state index in [1.807, 2.05) is 13.1 Å². The van der Waals surface area contributed by atoms with Gasteiger partial charge in [0.25, 0.3) is 0 Å². The van der Waals surface area contributed by atoms with E-state index in [0.717, 1.165) is 30.0 Å². The minimum atomic E-state index is -0.0350. The summed E-state index contributed by atoms with van der Waals surface area (Å²) in [7, 11) is 0. The van der Waals surface area contributed by atoms with Crippen LogP contribution in [0.4, 0.5) is 0 Å². The summed E-state index contributed by atoms with van der Waals surface area (Å²) in [5, 5.41) is 8.12. The lowest BCUT2D eigenvalue weighted by atomic mass is 10.1. The molecule has 92 valence electrons. The van der Waals surface area contributed by atoms with Crippen molar-refractivity contribution in [3.63, 3.8) is 0 Å². The van der Waals surface area contributed by atoms with Crippen LogP contribution in [0, 0.1) is 6.92 Å². The second-order valence-electron chi connectivity index (χ2n) is 4.09. The molecule has 2 heterocycles. The first-order chi connectivity index (χ1) is 8.20. The molecule has 0 saturated carbocycles. The smallest absolute Gasteiger partial charge is 0.181 e. The Morgan fingerprint density at radius 3 is 3.00 bits per heavy atom. The van der Waals surface area contributed by atoms with E-state index in [0.29, 0.717) is 6.54 Å². The van der Waals surface area contributed by atoms with Gasteiger partial charge in [-0.3, -0.25) is 0 Å². The molecule has 17 heavy (non-hydrogen) atoms. The van der Waals surface area contributed by atoms with E-state index in [-0.39, 0.29) is 6.04 Å². The Morgan fingerprint density at radius 2 is 2.35 bits per heavy atom. The molecule has 0 radical (unpaired) electrons. The second-order valence-corrected chi connectivity index (χ2v) is 4.09. The summed E-state index contributed by atoms with van der Waals surface area (Å²) in [4.78, 5) is 4.11. The van der Waals surface area contributed by atoms with Crippen molar-refractivity contribution < 1.29 is 4.42 Å². The van der Waals surface area contributed by atoms with Crippen LogP contribution in [0.2, 0.25) is 0 Å². The molecule has 0 bridgehead atoms. The van der Waals surface area contributed by atoms with E-state index in [4.69, 9.17) is 10.2 Å². The molecule has 0 spiro atoms. The normalized spacial score (nSPS) is 12.9. The molecule has 6 nitrogen and oxygen atoms in total. The van der Waals surface area contributed by atoms with Gasteiger partial charge in [-0.25, -0.2) is 9.67 Å². The first-order valence-corrected chi connectivity index (χ1v) is 5.75. The third-order valence-corrected chi connectivity index (χ3v) is 2.69. The van der Waals surface area contributed by atoms with Crippen molar-refractivity contribution in [3.05, 3.63) is 29.7 Å². The lowest BCUT2D eigenvalue weighted by Gasteiger charge is -2.04.